The largest absolute Gasteiger partial charge is 0.327 e. The first-order valence-corrected chi connectivity index (χ1v) is 11.3. The van der Waals surface area contributed by atoms with E-state index in [1.54, 1.807) is 16.4 Å². The van der Waals surface area contributed by atoms with Crippen molar-refractivity contribution in [2.75, 3.05) is 26.2 Å². The van der Waals surface area contributed by atoms with Gasteiger partial charge in [0.1, 0.15) is 0 Å². The summed E-state index contributed by atoms with van der Waals surface area (Å²) in [4.78, 5) is 1.74. The van der Waals surface area contributed by atoms with Crippen LogP contribution in [0, 0.1) is 4.77 Å². The lowest BCUT2D eigenvalue weighted by Crippen LogP contribution is -3.14. The molecule has 1 aliphatic heterocycles. The van der Waals surface area contributed by atoms with Gasteiger partial charge in [-0.15, -0.1) is 0 Å². The van der Waals surface area contributed by atoms with Gasteiger partial charge in [0.25, 0.3) is 0 Å². The van der Waals surface area contributed by atoms with Crippen LogP contribution in [0.25, 0.3) is 0 Å². The van der Waals surface area contributed by atoms with Crippen LogP contribution in [-0.2, 0) is 23.7 Å². The average molecular weight is 410 g/mol. The van der Waals surface area contributed by atoms with Crippen molar-refractivity contribution in [3.63, 3.8) is 0 Å². The van der Waals surface area contributed by atoms with Gasteiger partial charge in [-0.3, -0.25) is 4.57 Å². The van der Waals surface area contributed by atoms with Gasteiger partial charge in [-0.2, -0.15) is 4.31 Å². The quantitative estimate of drug-likeness (QED) is 0.738. The molecule has 0 unspecified atom stereocenters. The molecule has 1 fully saturated rings. The molecule has 0 aliphatic carbocycles. The predicted octanol–water partition coefficient (Wildman–Crippen LogP) is 1.62. The number of aryl methyl sites for hydroxylation is 1. The van der Waals surface area contributed by atoms with Crippen LogP contribution in [0.4, 0.5) is 0 Å². The predicted molar refractivity (Wildman–Crippen MR) is 109 cm³/mol. The molecule has 1 saturated heterocycles. The molecular weight excluding hydrogens is 380 g/mol. The highest BCUT2D eigenvalue weighted by atomic mass is 32.2. The molecule has 0 radical (unpaired) electrons. The van der Waals surface area contributed by atoms with E-state index in [2.05, 4.69) is 13.8 Å². The molecule has 2 heterocycles. The lowest BCUT2D eigenvalue weighted by atomic mass is 9.99. The molecule has 0 spiro atoms. The van der Waals surface area contributed by atoms with Crippen molar-refractivity contribution in [1.29, 1.82) is 0 Å². The Labute approximate surface area is 167 Å². The summed E-state index contributed by atoms with van der Waals surface area (Å²) in [5, 5.41) is 0. The van der Waals surface area contributed by atoms with E-state index in [0.29, 0.717) is 23.9 Å². The molecule has 1 aromatic heterocycles. The molecule has 0 saturated carbocycles. The van der Waals surface area contributed by atoms with Gasteiger partial charge in [0, 0.05) is 19.4 Å². The minimum atomic E-state index is -3.42. The minimum Gasteiger partial charge on any atom is -0.327 e. The summed E-state index contributed by atoms with van der Waals surface area (Å²) in [6.45, 7) is 7.69. The Morgan fingerprint density at radius 2 is 1.78 bits per heavy atom. The fourth-order valence-corrected chi connectivity index (χ4v) is 5.05. The number of imidazole rings is 1. The second kappa shape index (κ2) is 8.26. The summed E-state index contributed by atoms with van der Waals surface area (Å²) in [6, 6.07) is 7.39. The van der Waals surface area contributed by atoms with Crippen LogP contribution in [0.3, 0.4) is 0 Å². The molecule has 2 aromatic rings. The van der Waals surface area contributed by atoms with Gasteiger partial charge in [0.2, 0.25) is 10.0 Å². The Balaban J connectivity index is 1.64. The number of benzene rings is 1. The van der Waals surface area contributed by atoms with Gasteiger partial charge < -0.3 is 9.47 Å². The summed E-state index contributed by atoms with van der Waals surface area (Å²) < 4.78 is 32.3. The number of nitrogens with zero attached hydrogens (tertiary/aromatic N) is 3. The number of piperazine rings is 1. The van der Waals surface area contributed by atoms with E-state index in [1.165, 1.54) is 10.5 Å². The van der Waals surface area contributed by atoms with Crippen molar-refractivity contribution in [3.8, 4) is 0 Å². The first kappa shape index (κ1) is 20.3. The maximum atomic E-state index is 13.0. The number of hydrogen-bond acceptors (Lipinski definition) is 3. The minimum absolute atomic E-state index is 0.392. The van der Waals surface area contributed by atoms with E-state index < -0.39 is 10.0 Å². The molecule has 1 aliphatic rings. The molecular formula is C19H29N4O2S2+. The third kappa shape index (κ3) is 4.34. The van der Waals surface area contributed by atoms with Crippen LogP contribution in [0.15, 0.2) is 41.6 Å². The summed E-state index contributed by atoms with van der Waals surface area (Å²) >= 11 is 5.39. The second-order valence-corrected chi connectivity index (χ2v) is 9.66. The van der Waals surface area contributed by atoms with Gasteiger partial charge in [0.15, 0.2) is 11.4 Å². The number of rotatable bonds is 6. The molecule has 8 heteroatoms. The molecule has 6 nitrogen and oxygen atoms in total. The molecule has 0 amide bonds. The fourth-order valence-electron chi connectivity index (χ4n) is 3.43. The molecule has 148 valence electrons. The monoisotopic (exact) mass is 409 g/mol. The van der Waals surface area contributed by atoms with Crippen molar-refractivity contribution in [2.45, 2.75) is 37.8 Å². The van der Waals surface area contributed by atoms with Crippen LogP contribution >= 0.6 is 12.2 Å². The molecule has 1 atom stereocenters. The standard InChI is InChI=1S/C19H28N4O2S2/c1-4-16(2)17-5-7-18(8-6-17)27(24,25)23-13-10-21(11-14-23)15-22-12-9-20(3)19(22)26/h5-9,12,16H,4,10-11,13-15H2,1-3H3/p+1/t16-/m0/s1. The van der Waals surface area contributed by atoms with Crippen molar-refractivity contribution >= 4 is 22.2 Å². The zero-order chi connectivity index (χ0) is 19.6. The number of sulfonamides is 1. The first-order valence-electron chi connectivity index (χ1n) is 9.48. The van der Waals surface area contributed by atoms with E-state index >= 15 is 0 Å². The number of hydrogen-bond donors (Lipinski definition) is 1. The summed E-state index contributed by atoms with van der Waals surface area (Å²) in [5.74, 6) is 0.443. The molecule has 0 bridgehead atoms. The van der Waals surface area contributed by atoms with Gasteiger partial charge in [-0.25, -0.2) is 8.42 Å². The first-order chi connectivity index (χ1) is 12.8. The van der Waals surface area contributed by atoms with Gasteiger partial charge >= 0.3 is 0 Å². The van der Waals surface area contributed by atoms with Crippen LogP contribution in [0.1, 0.15) is 31.7 Å². The Bertz CT molecular complexity index is 923. The highest BCUT2D eigenvalue weighted by molar-refractivity contribution is 7.89. The van der Waals surface area contributed by atoms with Crippen LogP contribution in [0.5, 0.6) is 0 Å². The summed E-state index contributed by atoms with van der Waals surface area (Å²) in [6.07, 6.45) is 4.98. The van der Waals surface area contributed by atoms with Crippen molar-refractivity contribution in [1.82, 2.24) is 13.4 Å². The van der Waals surface area contributed by atoms with Crippen molar-refractivity contribution < 1.29 is 13.3 Å². The third-order valence-electron chi connectivity index (χ3n) is 5.54. The Kier molecular flexibility index (Phi) is 6.20. The number of aromatic nitrogens is 2. The molecule has 27 heavy (non-hydrogen) atoms. The topological polar surface area (TPSA) is 51.7 Å². The summed E-state index contributed by atoms with van der Waals surface area (Å²) in [5.41, 5.74) is 1.19. The van der Waals surface area contributed by atoms with E-state index in [-0.39, 0.29) is 0 Å². The second-order valence-electron chi connectivity index (χ2n) is 7.35. The average Bonchev–Trinajstić information content (AvgIpc) is 3.00. The van der Waals surface area contributed by atoms with E-state index in [4.69, 9.17) is 12.2 Å². The van der Waals surface area contributed by atoms with E-state index in [1.807, 2.05) is 40.7 Å². The zero-order valence-electron chi connectivity index (χ0n) is 16.3. The lowest BCUT2D eigenvalue weighted by molar-refractivity contribution is -0.926. The normalized spacial score (nSPS) is 17.9. The van der Waals surface area contributed by atoms with Crippen LogP contribution in [-0.4, -0.2) is 48.0 Å². The highest BCUT2D eigenvalue weighted by Crippen LogP contribution is 2.22. The maximum absolute atomic E-state index is 13.0. The number of quaternary nitrogens is 1. The van der Waals surface area contributed by atoms with E-state index in [0.717, 1.165) is 31.0 Å². The highest BCUT2D eigenvalue weighted by Gasteiger charge is 2.30. The van der Waals surface area contributed by atoms with Crippen molar-refractivity contribution in [2.24, 2.45) is 7.05 Å². The Morgan fingerprint density at radius 1 is 1.15 bits per heavy atom. The fraction of sp³-hybridized carbons (Fsp3) is 0.526. The Morgan fingerprint density at radius 3 is 2.30 bits per heavy atom. The van der Waals surface area contributed by atoms with Crippen LogP contribution < -0.4 is 4.90 Å². The van der Waals surface area contributed by atoms with Gasteiger partial charge in [0.05, 0.1) is 31.1 Å². The maximum Gasteiger partial charge on any atom is 0.243 e. The SMILES string of the molecule is CC[C@H](C)c1ccc(S(=O)(=O)N2CC[NH+](Cn3ccn(C)c3=S)CC2)cc1. The van der Waals surface area contributed by atoms with E-state index in [9.17, 15) is 8.42 Å². The third-order valence-corrected chi connectivity index (χ3v) is 7.98. The summed E-state index contributed by atoms with van der Waals surface area (Å²) in [7, 11) is -1.49. The Hall–Kier alpha value is -1.48. The number of nitrogens with one attached hydrogen (secondary N) is 1. The van der Waals surface area contributed by atoms with Crippen molar-refractivity contribution in [3.05, 3.63) is 47.0 Å². The smallest absolute Gasteiger partial charge is 0.243 e. The lowest BCUT2D eigenvalue weighted by Gasteiger charge is -2.31. The van der Waals surface area contributed by atoms with Gasteiger partial charge in [-0.05, 0) is 42.3 Å². The van der Waals surface area contributed by atoms with Crippen LogP contribution in [0.2, 0.25) is 0 Å². The molecule has 1 N–H and O–H groups in total. The van der Waals surface area contributed by atoms with Gasteiger partial charge in [-0.1, -0.05) is 26.0 Å². The zero-order valence-corrected chi connectivity index (χ0v) is 17.9. The molecule has 3 rings (SSSR count). The molecule has 1 aromatic carbocycles.